The first kappa shape index (κ1) is 18.1. The van der Waals surface area contributed by atoms with Crippen LogP contribution < -0.4 is 15.0 Å². The molecule has 1 unspecified atom stereocenters. The quantitative estimate of drug-likeness (QED) is 0.718. The zero-order valence-corrected chi connectivity index (χ0v) is 16.0. The number of rotatable bonds is 5. The normalized spacial score (nSPS) is 16.2. The van der Waals surface area contributed by atoms with Gasteiger partial charge in [-0.15, -0.1) is 11.3 Å². The number of ether oxygens (including phenoxy) is 1. The molecule has 1 saturated heterocycles. The molecular formula is C20H18N4O3S. The summed E-state index contributed by atoms with van der Waals surface area (Å²) in [6.45, 7) is 0.343. The van der Waals surface area contributed by atoms with E-state index < -0.39 is 5.92 Å². The molecular weight excluding hydrogens is 376 g/mol. The minimum atomic E-state index is -0.420. The summed E-state index contributed by atoms with van der Waals surface area (Å²) in [6, 6.07) is 12.8. The lowest BCUT2D eigenvalue weighted by atomic mass is 10.1. The lowest BCUT2D eigenvalue weighted by molar-refractivity contribution is -0.122. The number of methoxy groups -OCH3 is 1. The van der Waals surface area contributed by atoms with Crippen molar-refractivity contribution in [3.05, 3.63) is 54.0 Å². The van der Waals surface area contributed by atoms with E-state index in [0.29, 0.717) is 17.4 Å². The van der Waals surface area contributed by atoms with Crippen LogP contribution in [-0.2, 0) is 9.59 Å². The van der Waals surface area contributed by atoms with Crippen LogP contribution in [0, 0.1) is 5.92 Å². The number of nitrogens with zero attached hydrogens (tertiary/aromatic N) is 3. The molecule has 7 nitrogen and oxygen atoms in total. The van der Waals surface area contributed by atoms with Crippen molar-refractivity contribution in [1.29, 1.82) is 0 Å². The molecule has 1 aromatic carbocycles. The van der Waals surface area contributed by atoms with Crippen molar-refractivity contribution in [3.63, 3.8) is 0 Å². The molecule has 0 saturated carbocycles. The number of hydrogen-bond donors (Lipinski definition) is 1. The third-order valence-corrected chi connectivity index (χ3v) is 5.30. The molecule has 1 atom stereocenters. The Morgan fingerprint density at radius 2 is 2.04 bits per heavy atom. The van der Waals surface area contributed by atoms with Crippen LogP contribution >= 0.6 is 11.3 Å². The fraction of sp³-hybridized carbons (Fsp3) is 0.200. The smallest absolute Gasteiger partial charge is 0.231 e. The van der Waals surface area contributed by atoms with Crippen LogP contribution in [0.2, 0.25) is 0 Å². The highest BCUT2D eigenvalue weighted by molar-refractivity contribution is 7.14. The van der Waals surface area contributed by atoms with Gasteiger partial charge in [0.05, 0.1) is 18.7 Å². The maximum absolute atomic E-state index is 12.6. The summed E-state index contributed by atoms with van der Waals surface area (Å²) in [5.74, 6) is 0.0267. The molecule has 1 N–H and O–H groups in total. The van der Waals surface area contributed by atoms with Gasteiger partial charge in [0.2, 0.25) is 11.8 Å². The second-order valence-corrected chi connectivity index (χ2v) is 7.20. The highest BCUT2D eigenvalue weighted by atomic mass is 32.1. The third kappa shape index (κ3) is 3.72. The lowest BCUT2D eigenvalue weighted by Gasteiger charge is -2.16. The van der Waals surface area contributed by atoms with Crippen molar-refractivity contribution < 1.29 is 14.3 Å². The van der Waals surface area contributed by atoms with Crippen molar-refractivity contribution >= 4 is 34.0 Å². The van der Waals surface area contributed by atoms with Crippen LogP contribution in [0.4, 0.5) is 10.8 Å². The molecule has 0 spiro atoms. The van der Waals surface area contributed by atoms with Crippen molar-refractivity contribution in [2.24, 2.45) is 5.92 Å². The van der Waals surface area contributed by atoms with Crippen molar-refractivity contribution in [1.82, 2.24) is 9.97 Å². The van der Waals surface area contributed by atoms with Gasteiger partial charge < -0.3 is 15.0 Å². The number of amides is 2. The largest absolute Gasteiger partial charge is 0.497 e. The Morgan fingerprint density at radius 1 is 1.21 bits per heavy atom. The fourth-order valence-electron chi connectivity index (χ4n) is 3.07. The zero-order valence-electron chi connectivity index (χ0n) is 15.2. The van der Waals surface area contributed by atoms with E-state index in [0.717, 1.165) is 17.1 Å². The highest BCUT2D eigenvalue weighted by Crippen LogP contribution is 2.29. The molecule has 2 amide bonds. The van der Waals surface area contributed by atoms with E-state index in [9.17, 15) is 9.59 Å². The van der Waals surface area contributed by atoms with Gasteiger partial charge in [0.25, 0.3) is 0 Å². The topological polar surface area (TPSA) is 84.4 Å². The number of benzene rings is 1. The van der Waals surface area contributed by atoms with Gasteiger partial charge in [0, 0.05) is 30.2 Å². The number of aromatic nitrogens is 2. The van der Waals surface area contributed by atoms with Gasteiger partial charge in [-0.3, -0.25) is 14.6 Å². The Hall–Kier alpha value is -3.26. The first-order valence-corrected chi connectivity index (χ1v) is 9.64. The molecule has 1 aliphatic rings. The molecule has 0 bridgehead atoms. The average Bonchev–Trinajstić information content (AvgIpc) is 3.35. The Morgan fingerprint density at radius 3 is 2.75 bits per heavy atom. The van der Waals surface area contributed by atoms with E-state index in [2.05, 4.69) is 15.3 Å². The SMILES string of the molecule is COc1ccc(N2CC(C(=O)Nc3nc(-c4ccccn4)cs3)CC2=O)cc1. The van der Waals surface area contributed by atoms with Crippen LogP contribution in [0.25, 0.3) is 11.4 Å². The molecule has 3 aromatic rings. The summed E-state index contributed by atoms with van der Waals surface area (Å²) < 4.78 is 5.14. The van der Waals surface area contributed by atoms with E-state index in [1.54, 1.807) is 30.3 Å². The molecule has 8 heteroatoms. The number of thiazole rings is 1. The van der Waals surface area contributed by atoms with Crippen LogP contribution in [0.1, 0.15) is 6.42 Å². The van der Waals surface area contributed by atoms with Crippen LogP contribution in [-0.4, -0.2) is 35.4 Å². The fourth-order valence-corrected chi connectivity index (χ4v) is 3.77. The molecule has 2 aromatic heterocycles. The maximum atomic E-state index is 12.6. The molecule has 3 heterocycles. The van der Waals surface area contributed by atoms with Crippen molar-refractivity contribution in [2.45, 2.75) is 6.42 Å². The van der Waals surface area contributed by atoms with E-state index in [1.165, 1.54) is 11.3 Å². The van der Waals surface area contributed by atoms with E-state index in [4.69, 9.17) is 4.74 Å². The predicted octanol–water partition coefficient (Wildman–Crippen LogP) is 3.21. The summed E-state index contributed by atoms with van der Waals surface area (Å²) in [6.07, 6.45) is 1.88. The van der Waals surface area contributed by atoms with Gasteiger partial charge >= 0.3 is 0 Å². The molecule has 0 aliphatic carbocycles. The first-order chi connectivity index (χ1) is 13.6. The molecule has 1 fully saturated rings. The van der Waals surface area contributed by atoms with Crippen molar-refractivity contribution in [3.8, 4) is 17.1 Å². The monoisotopic (exact) mass is 394 g/mol. The number of nitrogens with one attached hydrogen (secondary N) is 1. The standard InChI is InChI=1S/C20H18N4O3S/c1-27-15-7-5-14(6-8-15)24-11-13(10-18(24)25)19(26)23-20-22-17(12-28-20)16-4-2-3-9-21-16/h2-9,12-13H,10-11H2,1H3,(H,22,23,26). The summed E-state index contributed by atoms with van der Waals surface area (Å²) in [7, 11) is 1.59. The Labute approximate surface area is 166 Å². The van der Waals surface area contributed by atoms with Gasteiger partial charge in [-0.25, -0.2) is 4.98 Å². The molecule has 1 aliphatic heterocycles. The summed E-state index contributed by atoms with van der Waals surface area (Å²) >= 11 is 1.34. The van der Waals surface area contributed by atoms with E-state index in [1.807, 2.05) is 35.7 Å². The van der Waals surface area contributed by atoms with Gasteiger partial charge in [-0.2, -0.15) is 0 Å². The Balaban J connectivity index is 1.41. The van der Waals surface area contributed by atoms with Crippen LogP contribution in [0.5, 0.6) is 5.75 Å². The zero-order chi connectivity index (χ0) is 19.5. The van der Waals surface area contributed by atoms with Gasteiger partial charge in [0.1, 0.15) is 11.4 Å². The Bertz CT molecular complexity index is 988. The summed E-state index contributed by atoms with van der Waals surface area (Å²) in [4.78, 5) is 35.3. The second-order valence-electron chi connectivity index (χ2n) is 6.35. The van der Waals surface area contributed by atoms with Gasteiger partial charge in [-0.1, -0.05) is 6.07 Å². The average molecular weight is 394 g/mol. The van der Waals surface area contributed by atoms with Crippen molar-refractivity contribution in [2.75, 3.05) is 23.9 Å². The van der Waals surface area contributed by atoms with Gasteiger partial charge in [0.15, 0.2) is 5.13 Å². The number of anilines is 2. The third-order valence-electron chi connectivity index (χ3n) is 4.54. The number of carbonyl (C=O) groups is 2. The summed E-state index contributed by atoms with van der Waals surface area (Å²) in [5, 5.41) is 5.18. The molecule has 4 rings (SSSR count). The predicted molar refractivity (Wildman–Crippen MR) is 107 cm³/mol. The Kier molecular flexibility index (Phi) is 5.03. The minimum Gasteiger partial charge on any atom is -0.497 e. The molecule has 28 heavy (non-hydrogen) atoms. The highest BCUT2D eigenvalue weighted by Gasteiger charge is 2.35. The van der Waals surface area contributed by atoms with Crippen LogP contribution in [0.3, 0.4) is 0 Å². The first-order valence-electron chi connectivity index (χ1n) is 8.76. The van der Waals surface area contributed by atoms with Gasteiger partial charge in [-0.05, 0) is 36.4 Å². The minimum absolute atomic E-state index is 0.0707. The summed E-state index contributed by atoms with van der Waals surface area (Å²) in [5.41, 5.74) is 2.22. The number of hydrogen-bond acceptors (Lipinski definition) is 6. The maximum Gasteiger partial charge on any atom is 0.231 e. The molecule has 142 valence electrons. The number of carbonyl (C=O) groups excluding carboxylic acids is 2. The van der Waals surface area contributed by atoms with Crippen LogP contribution in [0.15, 0.2) is 54.0 Å². The lowest BCUT2D eigenvalue weighted by Crippen LogP contribution is -2.28. The number of pyridine rings is 1. The second kappa shape index (κ2) is 7.77. The molecule has 0 radical (unpaired) electrons. The van der Waals surface area contributed by atoms with E-state index in [-0.39, 0.29) is 18.2 Å². The van der Waals surface area contributed by atoms with E-state index >= 15 is 0 Å².